The van der Waals surface area contributed by atoms with Gasteiger partial charge in [-0.2, -0.15) is 0 Å². The van der Waals surface area contributed by atoms with Crippen molar-refractivity contribution in [3.05, 3.63) is 48.4 Å². The van der Waals surface area contributed by atoms with E-state index in [1.165, 1.54) is 18.2 Å². The first kappa shape index (κ1) is 15.8. The molecule has 0 aliphatic carbocycles. The van der Waals surface area contributed by atoms with Crippen molar-refractivity contribution in [1.82, 2.24) is 14.9 Å². The molecule has 1 aromatic carbocycles. The Balaban J connectivity index is 1.57. The molecule has 0 saturated carbocycles. The maximum atomic E-state index is 12.2. The third-order valence-corrected chi connectivity index (χ3v) is 3.88. The minimum absolute atomic E-state index is 0.0821. The number of phenolic OH excluding ortho intramolecular Hbond substituents is 2. The van der Waals surface area contributed by atoms with E-state index in [0.717, 1.165) is 5.82 Å². The Morgan fingerprint density at radius 2 is 1.88 bits per heavy atom. The van der Waals surface area contributed by atoms with E-state index in [2.05, 4.69) is 14.9 Å². The maximum Gasteiger partial charge on any atom is 0.246 e. The van der Waals surface area contributed by atoms with Crippen LogP contribution in [0, 0.1) is 0 Å². The molecule has 2 heterocycles. The second-order valence-electron chi connectivity index (χ2n) is 5.46. The van der Waals surface area contributed by atoms with Gasteiger partial charge < -0.3 is 20.0 Å². The highest BCUT2D eigenvalue weighted by atomic mass is 16.3. The predicted octanol–water partition coefficient (Wildman–Crippen LogP) is 1.25. The summed E-state index contributed by atoms with van der Waals surface area (Å²) < 4.78 is 0. The third kappa shape index (κ3) is 3.62. The summed E-state index contributed by atoms with van der Waals surface area (Å²) in [6, 6.07) is 4.43. The number of nitrogens with zero attached hydrogens (tertiary/aromatic N) is 4. The number of amides is 1. The van der Waals surface area contributed by atoms with Gasteiger partial charge in [0.15, 0.2) is 11.5 Å². The molecular formula is C17H18N4O3. The van der Waals surface area contributed by atoms with Crippen molar-refractivity contribution in [2.24, 2.45) is 0 Å². The van der Waals surface area contributed by atoms with Gasteiger partial charge in [0.2, 0.25) is 5.91 Å². The topological polar surface area (TPSA) is 89.8 Å². The average Bonchev–Trinajstić information content (AvgIpc) is 2.63. The van der Waals surface area contributed by atoms with Crippen LogP contribution >= 0.6 is 0 Å². The number of hydrogen-bond acceptors (Lipinski definition) is 6. The van der Waals surface area contributed by atoms with Crippen molar-refractivity contribution >= 4 is 17.8 Å². The Kier molecular flexibility index (Phi) is 4.60. The molecule has 3 rings (SSSR count). The van der Waals surface area contributed by atoms with Gasteiger partial charge in [-0.25, -0.2) is 4.98 Å². The summed E-state index contributed by atoms with van der Waals surface area (Å²) in [6.45, 7) is 2.64. The number of aromatic nitrogens is 2. The number of aromatic hydroxyl groups is 2. The SMILES string of the molecule is O=C(/C=C/c1ccc(O)c(O)c1)N1CCN(c2cnccn2)CC1. The molecule has 24 heavy (non-hydrogen) atoms. The van der Waals surface area contributed by atoms with Gasteiger partial charge in [-0.1, -0.05) is 6.07 Å². The summed E-state index contributed by atoms with van der Waals surface area (Å²) in [7, 11) is 0. The van der Waals surface area contributed by atoms with Crippen LogP contribution in [0.3, 0.4) is 0 Å². The molecule has 2 aromatic rings. The molecule has 7 nitrogen and oxygen atoms in total. The second kappa shape index (κ2) is 6.99. The van der Waals surface area contributed by atoms with Crippen LogP contribution in [0.25, 0.3) is 6.08 Å². The molecule has 1 amide bonds. The van der Waals surface area contributed by atoms with E-state index in [9.17, 15) is 15.0 Å². The Labute approximate surface area is 139 Å². The van der Waals surface area contributed by atoms with E-state index < -0.39 is 0 Å². The van der Waals surface area contributed by atoms with Crippen LogP contribution in [0.4, 0.5) is 5.82 Å². The van der Waals surface area contributed by atoms with Gasteiger partial charge in [0.25, 0.3) is 0 Å². The van der Waals surface area contributed by atoms with Gasteiger partial charge in [0, 0.05) is 44.6 Å². The van der Waals surface area contributed by atoms with Gasteiger partial charge in [0.1, 0.15) is 5.82 Å². The highest BCUT2D eigenvalue weighted by Crippen LogP contribution is 2.25. The van der Waals surface area contributed by atoms with Crippen LogP contribution in [0.5, 0.6) is 11.5 Å². The van der Waals surface area contributed by atoms with Crippen LogP contribution in [0.15, 0.2) is 42.9 Å². The molecule has 124 valence electrons. The largest absolute Gasteiger partial charge is 0.504 e. The van der Waals surface area contributed by atoms with Crippen LogP contribution in [-0.2, 0) is 4.79 Å². The van der Waals surface area contributed by atoms with Gasteiger partial charge in [-0.05, 0) is 23.8 Å². The number of benzene rings is 1. The standard InChI is InChI=1S/C17H18N4O3/c22-14-3-1-13(11-15(14)23)2-4-17(24)21-9-7-20(8-10-21)16-12-18-5-6-19-16/h1-6,11-12,22-23H,7-10H2/b4-2+. The van der Waals surface area contributed by atoms with Crippen molar-refractivity contribution in [3.63, 3.8) is 0 Å². The zero-order valence-electron chi connectivity index (χ0n) is 13.0. The van der Waals surface area contributed by atoms with E-state index >= 15 is 0 Å². The lowest BCUT2D eigenvalue weighted by atomic mass is 10.2. The number of phenols is 2. The number of rotatable bonds is 3. The second-order valence-corrected chi connectivity index (χ2v) is 5.46. The lowest BCUT2D eigenvalue weighted by molar-refractivity contribution is -0.126. The number of carbonyl (C=O) groups is 1. The van der Waals surface area contributed by atoms with Crippen LogP contribution in [0.2, 0.25) is 0 Å². The summed E-state index contributed by atoms with van der Waals surface area (Å²) in [4.78, 5) is 24.4. The highest BCUT2D eigenvalue weighted by molar-refractivity contribution is 5.92. The number of anilines is 1. The number of carbonyl (C=O) groups excluding carboxylic acids is 1. The molecule has 1 aliphatic rings. The fraction of sp³-hybridized carbons (Fsp3) is 0.235. The Hall–Kier alpha value is -3.09. The van der Waals surface area contributed by atoms with Crippen molar-refractivity contribution < 1.29 is 15.0 Å². The molecule has 2 N–H and O–H groups in total. The highest BCUT2D eigenvalue weighted by Gasteiger charge is 2.20. The molecule has 1 aliphatic heterocycles. The fourth-order valence-corrected chi connectivity index (χ4v) is 2.53. The monoisotopic (exact) mass is 326 g/mol. The molecular weight excluding hydrogens is 308 g/mol. The van der Waals surface area contributed by atoms with Gasteiger partial charge >= 0.3 is 0 Å². The van der Waals surface area contributed by atoms with E-state index in [0.29, 0.717) is 31.7 Å². The van der Waals surface area contributed by atoms with Crippen LogP contribution in [-0.4, -0.2) is 57.2 Å². The molecule has 1 saturated heterocycles. The lowest BCUT2D eigenvalue weighted by Gasteiger charge is -2.34. The smallest absolute Gasteiger partial charge is 0.246 e. The molecule has 0 bridgehead atoms. The summed E-state index contributed by atoms with van der Waals surface area (Å²) in [5.74, 6) is 0.349. The fourth-order valence-electron chi connectivity index (χ4n) is 2.53. The molecule has 1 fully saturated rings. The summed E-state index contributed by atoms with van der Waals surface area (Å²) >= 11 is 0. The summed E-state index contributed by atoms with van der Waals surface area (Å²) in [6.07, 6.45) is 8.10. The number of hydrogen-bond donors (Lipinski definition) is 2. The predicted molar refractivity (Wildman–Crippen MR) is 89.6 cm³/mol. The van der Waals surface area contributed by atoms with Crippen molar-refractivity contribution in [1.29, 1.82) is 0 Å². The van der Waals surface area contributed by atoms with Crippen LogP contribution < -0.4 is 4.90 Å². The van der Waals surface area contributed by atoms with E-state index in [4.69, 9.17) is 0 Å². The minimum atomic E-state index is -0.206. The zero-order valence-corrected chi connectivity index (χ0v) is 13.0. The van der Waals surface area contributed by atoms with Gasteiger partial charge in [-0.15, -0.1) is 0 Å². The minimum Gasteiger partial charge on any atom is -0.504 e. The zero-order chi connectivity index (χ0) is 16.9. The first-order valence-corrected chi connectivity index (χ1v) is 7.63. The molecule has 0 radical (unpaired) electrons. The average molecular weight is 326 g/mol. The van der Waals surface area contributed by atoms with Crippen molar-refractivity contribution in [3.8, 4) is 11.5 Å². The Morgan fingerprint density at radius 3 is 2.54 bits per heavy atom. The first-order valence-electron chi connectivity index (χ1n) is 7.63. The van der Waals surface area contributed by atoms with Crippen LogP contribution in [0.1, 0.15) is 5.56 Å². The van der Waals surface area contributed by atoms with E-state index in [-0.39, 0.29) is 17.4 Å². The summed E-state index contributed by atoms with van der Waals surface area (Å²) in [5.41, 5.74) is 0.650. The van der Waals surface area contributed by atoms with E-state index in [1.54, 1.807) is 35.6 Å². The Bertz CT molecular complexity index is 741. The Morgan fingerprint density at radius 1 is 1.08 bits per heavy atom. The molecule has 7 heteroatoms. The molecule has 1 aromatic heterocycles. The van der Waals surface area contributed by atoms with Crippen molar-refractivity contribution in [2.45, 2.75) is 0 Å². The first-order chi connectivity index (χ1) is 11.6. The van der Waals surface area contributed by atoms with Crippen molar-refractivity contribution in [2.75, 3.05) is 31.1 Å². The van der Waals surface area contributed by atoms with Gasteiger partial charge in [0.05, 0.1) is 6.20 Å². The number of piperazine rings is 1. The third-order valence-electron chi connectivity index (χ3n) is 3.88. The normalized spacial score (nSPS) is 15.0. The quantitative estimate of drug-likeness (QED) is 0.652. The van der Waals surface area contributed by atoms with E-state index in [1.807, 2.05) is 0 Å². The maximum absolute atomic E-state index is 12.2. The summed E-state index contributed by atoms with van der Waals surface area (Å²) in [5, 5.41) is 18.7. The molecule has 0 spiro atoms. The molecule has 0 unspecified atom stereocenters. The lowest BCUT2D eigenvalue weighted by Crippen LogP contribution is -2.48. The van der Waals surface area contributed by atoms with Gasteiger partial charge in [-0.3, -0.25) is 9.78 Å². The molecule has 0 atom stereocenters.